The van der Waals surface area contributed by atoms with Gasteiger partial charge in [0.15, 0.2) is 12.2 Å². The van der Waals surface area contributed by atoms with E-state index in [9.17, 15) is 4.79 Å². The number of hydrogen-bond acceptors (Lipinski definition) is 6. The quantitative estimate of drug-likeness (QED) is 0.694. The Hall–Kier alpha value is -3.00. The number of ether oxygens (including phenoxy) is 1. The van der Waals surface area contributed by atoms with Gasteiger partial charge in [0, 0.05) is 37.2 Å². The van der Waals surface area contributed by atoms with Gasteiger partial charge in [0.25, 0.3) is 5.91 Å². The molecule has 3 aromatic heterocycles. The summed E-state index contributed by atoms with van der Waals surface area (Å²) >= 11 is 0. The fourth-order valence-corrected chi connectivity index (χ4v) is 4.12. The molecular weight excluding hydrogens is 358 g/mol. The highest BCUT2D eigenvalue weighted by atomic mass is 16.5. The first kappa shape index (κ1) is 17.1. The standard InChI is InChI=1S/C20H21N5O3/c26-20(17-11-21-13-28-17)24-8-4-14(5-9-24)19-15-12-27-10-6-16(15)23-25(19)18-3-1-2-7-22-18/h1-3,7,11,13-14H,4-6,8-10,12H2. The maximum absolute atomic E-state index is 12.5. The van der Waals surface area contributed by atoms with Gasteiger partial charge in [-0.15, -0.1) is 0 Å². The lowest BCUT2D eigenvalue weighted by atomic mass is 9.89. The van der Waals surface area contributed by atoms with E-state index in [0.29, 0.717) is 38.0 Å². The summed E-state index contributed by atoms with van der Waals surface area (Å²) < 4.78 is 12.9. The van der Waals surface area contributed by atoms with Crippen LogP contribution in [0, 0.1) is 0 Å². The average molecular weight is 379 g/mol. The van der Waals surface area contributed by atoms with E-state index in [2.05, 4.69) is 9.97 Å². The zero-order chi connectivity index (χ0) is 18.9. The van der Waals surface area contributed by atoms with Crippen molar-refractivity contribution in [2.24, 2.45) is 0 Å². The minimum Gasteiger partial charge on any atom is -0.438 e. The number of rotatable bonds is 3. The Kier molecular flexibility index (Phi) is 4.40. The topological polar surface area (TPSA) is 86.3 Å². The largest absolute Gasteiger partial charge is 0.438 e. The minimum absolute atomic E-state index is 0.0976. The lowest BCUT2D eigenvalue weighted by Crippen LogP contribution is -2.38. The third-order valence-electron chi connectivity index (χ3n) is 5.51. The van der Waals surface area contributed by atoms with Gasteiger partial charge in [-0.25, -0.2) is 14.6 Å². The van der Waals surface area contributed by atoms with Crippen LogP contribution in [0.1, 0.15) is 46.3 Å². The summed E-state index contributed by atoms with van der Waals surface area (Å²) in [6.45, 7) is 2.64. The molecule has 0 bridgehead atoms. The first-order valence-electron chi connectivity index (χ1n) is 9.59. The van der Waals surface area contributed by atoms with Crippen molar-refractivity contribution >= 4 is 5.91 Å². The first-order valence-corrected chi connectivity index (χ1v) is 9.59. The van der Waals surface area contributed by atoms with Crippen LogP contribution in [-0.4, -0.2) is 50.3 Å². The van der Waals surface area contributed by atoms with Crippen molar-refractivity contribution in [2.45, 2.75) is 31.8 Å². The van der Waals surface area contributed by atoms with E-state index in [4.69, 9.17) is 14.3 Å². The Morgan fingerprint density at radius 1 is 1.21 bits per heavy atom. The SMILES string of the molecule is O=C(c1cnco1)N1CCC(c2c3c(nn2-c2ccccn2)CCOC3)CC1. The predicted molar refractivity (Wildman–Crippen MR) is 99.1 cm³/mol. The molecule has 5 rings (SSSR count). The number of pyridine rings is 1. The summed E-state index contributed by atoms with van der Waals surface area (Å²) in [6, 6.07) is 5.86. The molecule has 0 aromatic carbocycles. The van der Waals surface area contributed by atoms with Gasteiger partial charge in [-0.2, -0.15) is 5.10 Å². The maximum atomic E-state index is 12.5. The van der Waals surface area contributed by atoms with Crippen molar-refractivity contribution in [3.8, 4) is 5.82 Å². The molecular formula is C20H21N5O3. The Morgan fingerprint density at radius 3 is 2.86 bits per heavy atom. The predicted octanol–water partition coefficient (Wildman–Crippen LogP) is 2.35. The molecule has 5 heterocycles. The number of piperidine rings is 1. The number of carbonyl (C=O) groups excluding carboxylic acids is 1. The van der Waals surface area contributed by atoms with Crippen LogP contribution in [0.4, 0.5) is 0 Å². The van der Waals surface area contributed by atoms with Gasteiger partial charge >= 0.3 is 0 Å². The molecule has 2 aliphatic rings. The van der Waals surface area contributed by atoms with Crippen molar-refractivity contribution in [1.82, 2.24) is 24.6 Å². The normalized spacial score (nSPS) is 17.5. The van der Waals surface area contributed by atoms with Crippen LogP contribution >= 0.6 is 0 Å². The van der Waals surface area contributed by atoms with Crippen molar-refractivity contribution in [1.29, 1.82) is 0 Å². The molecule has 144 valence electrons. The highest BCUT2D eigenvalue weighted by Gasteiger charge is 2.32. The molecule has 0 N–H and O–H groups in total. The van der Waals surface area contributed by atoms with Crippen LogP contribution in [0.25, 0.3) is 5.82 Å². The van der Waals surface area contributed by atoms with Crippen LogP contribution in [0.3, 0.4) is 0 Å². The summed E-state index contributed by atoms with van der Waals surface area (Å²) in [5, 5.41) is 4.86. The van der Waals surface area contributed by atoms with Crippen molar-refractivity contribution < 1.29 is 13.9 Å². The van der Waals surface area contributed by atoms with E-state index in [1.807, 2.05) is 27.8 Å². The molecule has 0 aliphatic carbocycles. The van der Waals surface area contributed by atoms with Crippen LogP contribution < -0.4 is 0 Å². The number of oxazole rings is 1. The maximum Gasteiger partial charge on any atom is 0.291 e. The summed E-state index contributed by atoms with van der Waals surface area (Å²) in [5.41, 5.74) is 3.48. The first-order chi connectivity index (χ1) is 13.8. The highest BCUT2D eigenvalue weighted by Crippen LogP contribution is 2.35. The van der Waals surface area contributed by atoms with E-state index < -0.39 is 0 Å². The molecule has 0 radical (unpaired) electrons. The number of carbonyl (C=O) groups is 1. The number of likely N-dealkylation sites (tertiary alicyclic amines) is 1. The summed E-state index contributed by atoms with van der Waals surface area (Å²) in [5.74, 6) is 1.33. The average Bonchev–Trinajstić information content (AvgIpc) is 3.42. The van der Waals surface area contributed by atoms with Gasteiger partial charge in [0.2, 0.25) is 5.76 Å². The number of aromatic nitrogens is 4. The van der Waals surface area contributed by atoms with Gasteiger partial charge < -0.3 is 14.1 Å². The lowest BCUT2D eigenvalue weighted by Gasteiger charge is -2.32. The van der Waals surface area contributed by atoms with E-state index in [-0.39, 0.29) is 5.91 Å². The Bertz CT molecular complexity index is 959. The third kappa shape index (κ3) is 2.99. The lowest BCUT2D eigenvalue weighted by molar-refractivity contribution is 0.0677. The molecule has 0 atom stereocenters. The minimum atomic E-state index is -0.0976. The van der Waals surface area contributed by atoms with Crippen molar-refractivity contribution in [3.63, 3.8) is 0 Å². The molecule has 1 amide bonds. The van der Waals surface area contributed by atoms with Crippen LogP contribution in [0.5, 0.6) is 0 Å². The molecule has 2 aliphatic heterocycles. The fourth-order valence-electron chi connectivity index (χ4n) is 4.12. The number of hydrogen-bond donors (Lipinski definition) is 0. The van der Waals surface area contributed by atoms with Gasteiger partial charge in [-0.1, -0.05) is 6.07 Å². The molecule has 0 unspecified atom stereocenters. The number of fused-ring (bicyclic) bond motifs is 1. The monoisotopic (exact) mass is 379 g/mol. The molecule has 1 saturated heterocycles. The van der Waals surface area contributed by atoms with Gasteiger partial charge in [0.05, 0.1) is 30.8 Å². The Labute approximate surface area is 162 Å². The fraction of sp³-hybridized carbons (Fsp3) is 0.400. The van der Waals surface area contributed by atoms with E-state index >= 15 is 0 Å². The van der Waals surface area contributed by atoms with Crippen LogP contribution in [0.15, 0.2) is 41.4 Å². The highest BCUT2D eigenvalue weighted by molar-refractivity contribution is 5.91. The van der Waals surface area contributed by atoms with Crippen LogP contribution in [-0.2, 0) is 17.8 Å². The van der Waals surface area contributed by atoms with Crippen molar-refractivity contribution in [2.75, 3.05) is 19.7 Å². The smallest absolute Gasteiger partial charge is 0.291 e. The molecule has 8 nitrogen and oxygen atoms in total. The van der Waals surface area contributed by atoms with E-state index in [0.717, 1.165) is 30.8 Å². The zero-order valence-electron chi connectivity index (χ0n) is 15.5. The summed E-state index contributed by atoms with van der Waals surface area (Å²) in [4.78, 5) is 22.7. The molecule has 0 spiro atoms. The van der Waals surface area contributed by atoms with E-state index in [1.165, 1.54) is 23.8 Å². The molecule has 8 heteroatoms. The third-order valence-corrected chi connectivity index (χ3v) is 5.51. The van der Waals surface area contributed by atoms with Gasteiger partial charge in [-0.3, -0.25) is 4.79 Å². The Morgan fingerprint density at radius 2 is 2.11 bits per heavy atom. The van der Waals surface area contributed by atoms with Gasteiger partial charge in [0.1, 0.15) is 0 Å². The second-order valence-electron chi connectivity index (χ2n) is 7.14. The zero-order valence-corrected chi connectivity index (χ0v) is 15.5. The van der Waals surface area contributed by atoms with Crippen molar-refractivity contribution in [3.05, 3.63) is 59.7 Å². The molecule has 28 heavy (non-hydrogen) atoms. The summed E-state index contributed by atoms with van der Waals surface area (Å²) in [7, 11) is 0. The van der Waals surface area contributed by atoms with Crippen LogP contribution in [0.2, 0.25) is 0 Å². The Balaban J connectivity index is 1.42. The summed E-state index contributed by atoms with van der Waals surface area (Å²) in [6.07, 6.45) is 7.10. The second-order valence-corrected chi connectivity index (χ2v) is 7.14. The van der Waals surface area contributed by atoms with Gasteiger partial charge in [-0.05, 0) is 25.0 Å². The number of nitrogens with zero attached hydrogens (tertiary/aromatic N) is 5. The molecule has 0 saturated carbocycles. The van der Waals surface area contributed by atoms with E-state index in [1.54, 1.807) is 6.20 Å². The second kappa shape index (κ2) is 7.20. The number of amides is 1. The molecule has 1 fully saturated rings. The molecule has 3 aromatic rings.